The predicted octanol–water partition coefficient (Wildman–Crippen LogP) is 3.45. The lowest BCUT2D eigenvalue weighted by atomic mass is 10.1. The van der Waals surface area contributed by atoms with E-state index in [4.69, 9.17) is 4.74 Å². The molecule has 0 amide bonds. The van der Waals surface area contributed by atoms with E-state index in [1.165, 1.54) is 29.7 Å². The monoisotopic (exact) mass is 285 g/mol. The van der Waals surface area contributed by atoms with Crippen LogP contribution in [0.5, 0.6) is 5.75 Å². The lowest BCUT2D eigenvalue weighted by Gasteiger charge is -2.25. The molecular weight excluding hydrogens is 262 g/mol. The standard InChI is InChI=1S/C17H23N3O/c1-3-21-16-9-5-4-7-14(16)12-20-10-6-8-15(20)17-13(2)11-18-19-17/h4-5,7,9,11,15H,3,6,8,10,12H2,1-2H3,(H,18,19)/t15-/m1/s1. The molecule has 1 aliphatic heterocycles. The van der Waals surface area contributed by atoms with Crippen molar-refractivity contribution >= 4 is 0 Å². The summed E-state index contributed by atoms with van der Waals surface area (Å²) in [5, 5.41) is 7.36. The normalized spacial score (nSPS) is 19.0. The molecule has 3 rings (SSSR count). The Morgan fingerprint density at radius 3 is 3.00 bits per heavy atom. The van der Waals surface area contributed by atoms with Gasteiger partial charge in [0.15, 0.2) is 0 Å². The van der Waals surface area contributed by atoms with Crippen molar-refractivity contribution in [3.8, 4) is 5.75 Å². The van der Waals surface area contributed by atoms with E-state index in [1.54, 1.807) is 0 Å². The number of benzene rings is 1. The van der Waals surface area contributed by atoms with Crippen molar-refractivity contribution < 1.29 is 4.74 Å². The molecule has 112 valence electrons. The second-order valence-electron chi connectivity index (χ2n) is 5.64. The van der Waals surface area contributed by atoms with Crippen LogP contribution in [-0.4, -0.2) is 28.2 Å². The molecule has 4 heteroatoms. The second-order valence-corrected chi connectivity index (χ2v) is 5.64. The summed E-state index contributed by atoms with van der Waals surface area (Å²) in [4.78, 5) is 2.53. The minimum atomic E-state index is 0.446. The van der Waals surface area contributed by atoms with Gasteiger partial charge in [-0.25, -0.2) is 0 Å². The van der Waals surface area contributed by atoms with Gasteiger partial charge in [-0.15, -0.1) is 0 Å². The number of likely N-dealkylation sites (tertiary alicyclic amines) is 1. The fourth-order valence-electron chi connectivity index (χ4n) is 3.19. The number of H-pyrrole nitrogens is 1. The van der Waals surface area contributed by atoms with E-state index < -0.39 is 0 Å². The van der Waals surface area contributed by atoms with Crippen LogP contribution in [0.3, 0.4) is 0 Å². The van der Waals surface area contributed by atoms with Crippen molar-refractivity contribution in [2.75, 3.05) is 13.2 Å². The molecule has 1 atom stereocenters. The highest BCUT2D eigenvalue weighted by Crippen LogP contribution is 2.34. The number of ether oxygens (including phenoxy) is 1. The Kier molecular flexibility index (Phi) is 4.25. The summed E-state index contributed by atoms with van der Waals surface area (Å²) in [5.41, 5.74) is 3.79. The number of para-hydroxylation sites is 1. The molecule has 2 heterocycles. The summed E-state index contributed by atoms with van der Waals surface area (Å²) in [5.74, 6) is 1.01. The average molecular weight is 285 g/mol. The number of rotatable bonds is 5. The van der Waals surface area contributed by atoms with Crippen LogP contribution in [0.1, 0.15) is 42.6 Å². The quantitative estimate of drug-likeness (QED) is 0.914. The smallest absolute Gasteiger partial charge is 0.123 e. The van der Waals surface area contributed by atoms with Crippen molar-refractivity contribution in [3.63, 3.8) is 0 Å². The zero-order chi connectivity index (χ0) is 14.7. The van der Waals surface area contributed by atoms with Crippen LogP contribution in [0.4, 0.5) is 0 Å². The van der Waals surface area contributed by atoms with Crippen molar-refractivity contribution in [2.24, 2.45) is 0 Å². The van der Waals surface area contributed by atoms with Gasteiger partial charge in [-0.1, -0.05) is 18.2 Å². The Bertz CT molecular complexity index is 593. The number of hydrogen-bond acceptors (Lipinski definition) is 3. The Morgan fingerprint density at radius 1 is 1.38 bits per heavy atom. The second kappa shape index (κ2) is 6.31. The topological polar surface area (TPSA) is 41.1 Å². The van der Waals surface area contributed by atoms with E-state index in [0.29, 0.717) is 12.6 Å². The molecule has 0 unspecified atom stereocenters. The van der Waals surface area contributed by atoms with Crippen LogP contribution < -0.4 is 4.74 Å². The SMILES string of the molecule is CCOc1ccccc1CN1CCC[C@@H]1c1[nH]ncc1C. The molecule has 1 saturated heterocycles. The number of hydrogen-bond donors (Lipinski definition) is 1. The summed E-state index contributed by atoms with van der Waals surface area (Å²) < 4.78 is 5.75. The lowest BCUT2D eigenvalue weighted by Crippen LogP contribution is -2.24. The van der Waals surface area contributed by atoms with Crippen molar-refractivity contribution in [1.29, 1.82) is 0 Å². The fourth-order valence-corrected chi connectivity index (χ4v) is 3.19. The first-order chi connectivity index (χ1) is 10.3. The number of nitrogens with one attached hydrogen (secondary N) is 1. The molecule has 0 bridgehead atoms. The van der Waals surface area contributed by atoms with Gasteiger partial charge >= 0.3 is 0 Å². The maximum atomic E-state index is 5.75. The first kappa shape index (κ1) is 14.1. The Morgan fingerprint density at radius 2 is 2.24 bits per heavy atom. The van der Waals surface area contributed by atoms with Gasteiger partial charge in [0.2, 0.25) is 0 Å². The molecule has 4 nitrogen and oxygen atoms in total. The van der Waals surface area contributed by atoms with Gasteiger partial charge in [-0.2, -0.15) is 5.10 Å². The molecule has 2 aromatic rings. The van der Waals surface area contributed by atoms with Crippen LogP contribution in [0.25, 0.3) is 0 Å². The van der Waals surface area contributed by atoms with E-state index in [2.05, 4.69) is 40.2 Å². The molecule has 0 aliphatic carbocycles. The molecule has 1 aromatic carbocycles. The maximum absolute atomic E-state index is 5.75. The number of aromatic amines is 1. The van der Waals surface area contributed by atoms with E-state index >= 15 is 0 Å². The highest BCUT2D eigenvalue weighted by Gasteiger charge is 2.28. The number of aromatic nitrogens is 2. The predicted molar refractivity (Wildman–Crippen MR) is 83.3 cm³/mol. The van der Waals surface area contributed by atoms with Crippen molar-refractivity contribution in [2.45, 2.75) is 39.3 Å². The van der Waals surface area contributed by atoms with Gasteiger partial charge in [0.1, 0.15) is 5.75 Å². The Balaban J connectivity index is 1.79. The van der Waals surface area contributed by atoms with Crippen LogP contribution in [-0.2, 0) is 6.54 Å². The lowest BCUT2D eigenvalue weighted by molar-refractivity contribution is 0.237. The fraction of sp³-hybridized carbons (Fsp3) is 0.471. The largest absolute Gasteiger partial charge is 0.494 e. The molecule has 0 radical (unpaired) electrons. The third-order valence-electron chi connectivity index (χ3n) is 4.21. The van der Waals surface area contributed by atoms with E-state index in [9.17, 15) is 0 Å². The summed E-state index contributed by atoms with van der Waals surface area (Å²) in [6.45, 7) is 6.93. The van der Waals surface area contributed by atoms with Gasteiger partial charge in [0.25, 0.3) is 0 Å². The highest BCUT2D eigenvalue weighted by atomic mass is 16.5. The maximum Gasteiger partial charge on any atom is 0.123 e. The minimum Gasteiger partial charge on any atom is -0.494 e. The molecule has 1 aliphatic rings. The van der Waals surface area contributed by atoms with Crippen molar-refractivity contribution in [1.82, 2.24) is 15.1 Å². The highest BCUT2D eigenvalue weighted by molar-refractivity contribution is 5.33. The molecule has 1 fully saturated rings. The van der Waals surface area contributed by atoms with E-state index in [-0.39, 0.29) is 0 Å². The first-order valence-electron chi connectivity index (χ1n) is 7.74. The number of aryl methyl sites for hydroxylation is 1. The van der Waals surface area contributed by atoms with Crippen LogP contribution in [0.15, 0.2) is 30.5 Å². The van der Waals surface area contributed by atoms with Gasteiger partial charge in [-0.05, 0) is 44.9 Å². The van der Waals surface area contributed by atoms with Gasteiger partial charge in [0, 0.05) is 12.1 Å². The summed E-state index contributed by atoms with van der Waals surface area (Å²) >= 11 is 0. The number of nitrogens with zero attached hydrogens (tertiary/aromatic N) is 2. The molecule has 1 N–H and O–H groups in total. The van der Waals surface area contributed by atoms with Gasteiger partial charge < -0.3 is 4.74 Å². The van der Waals surface area contributed by atoms with Crippen LogP contribution in [0, 0.1) is 6.92 Å². The van der Waals surface area contributed by atoms with Crippen molar-refractivity contribution in [3.05, 3.63) is 47.3 Å². The molecular formula is C17H23N3O. The Labute approximate surface area is 126 Å². The minimum absolute atomic E-state index is 0.446. The van der Waals surface area contributed by atoms with E-state index in [1.807, 2.05) is 19.2 Å². The zero-order valence-corrected chi connectivity index (χ0v) is 12.8. The van der Waals surface area contributed by atoms with Gasteiger partial charge in [0.05, 0.1) is 24.5 Å². The average Bonchev–Trinajstić information content (AvgIpc) is 3.10. The molecule has 21 heavy (non-hydrogen) atoms. The first-order valence-corrected chi connectivity index (χ1v) is 7.74. The van der Waals surface area contributed by atoms with Crippen LogP contribution >= 0.6 is 0 Å². The third kappa shape index (κ3) is 2.95. The summed E-state index contributed by atoms with van der Waals surface area (Å²) in [6, 6.07) is 8.80. The summed E-state index contributed by atoms with van der Waals surface area (Å²) in [7, 11) is 0. The van der Waals surface area contributed by atoms with Gasteiger partial charge in [-0.3, -0.25) is 10.00 Å². The van der Waals surface area contributed by atoms with Crippen LogP contribution in [0.2, 0.25) is 0 Å². The Hall–Kier alpha value is -1.81. The molecule has 0 saturated carbocycles. The summed E-state index contributed by atoms with van der Waals surface area (Å²) in [6.07, 6.45) is 4.35. The zero-order valence-electron chi connectivity index (χ0n) is 12.8. The molecule has 0 spiro atoms. The van der Waals surface area contributed by atoms with E-state index in [0.717, 1.165) is 18.8 Å². The molecule has 1 aromatic heterocycles. The third-order valence-corrected chi connectivity index (χ3v) is 4.21.